The maximum Gasteiger partial charge on any atom is 0.270 e. The molecule has 12 heteroatoms. The Morgan fingerprint density at radius 1 is 1.32 bits per heavy atom. The van der Waals surface area contributed by atoms with Crippen molar-refractivity contribution in [3.05, 3.63) is 47.2 Å². The number of hydrogen-bond donors (Lipinski definition) is 2. The van der Waals surface area contributed by atoms with E-state index in [0.717, 1.165) is 12.8 Å². The molecule has 0 bridgehead atoms. The van der Waals surface area contributed by atoms with Crippen molar-refractivity contribution >= 4 is 5.91 Å². The number of aliphatic hydroxyl groups excluding tert-OH is 1. The first-order valence-corrected chi connectivity index (χ1v) is 10.9. The molecular weight excluding hydrogens is 445 g/mol. The molecule has 1 aliphatic rings. The van der Waals surface area contributed by atoms with Crippen molar-refractivity contribution in [1.82, 2.24) is 35.5 Å². The van der Waals surface area contributed by atoms with Crippen LogP contribution in [0.25, 0.3) is 11.5 Å². The van der Waals surface area contributed by atoms with E-state index in [0.29, 0.717) is 30.2 Å². The van der Waals surface area contributed by atoms with Crippen molar-refractivity contribution < 1.29 is 23.8 Å². The second kappa shape index (κ2) is 10.6. The van der Waals surface area contributed by atoms with Crippen molar-refractivity contribution in [2.75, 3.05) is 20.3 Å². The highest BCUT2D eigenvalue weighted by molar-refractivity contribution is 5.93. The summed E-state index contributed by atoms with van der Waals surface area (Å²) in [5.74, 6) is 0.0390. The third kappa shape index (κ3) is 5.69. The molecule has 0 unspecified atom stereocenters. The molecule has 3 heterocycles. The molecule has 0 saturated carbocycles. The van der Waals surface area contributed by atoms with Gasteiger partial charge in [0.05, 0.1) is 26.4 Å². The molecule has 2 N–H and O–H groups in total. The summed E-state index contributed by atoms with van der Waals surface area (Å²) in [6.45, 7) is 2.91. The molecule has 1 aromatic carbocycles. The average Bonchev–Trinajstić information content (AvgIpc) is 3.32. The van der Waals surface area contributed by atoms with Gasteiger partial charge in [0.25, 0.3) is 5.91 Å². The zero-order valence-corrected chi connectivity index (χ0v) is 18.9. The number of ether oxygens (including phenoxy) is 2. The first kappa shape index (κ1) is 23.6. The van der Waals surface area contributed by atoms with Crippen molar-refractivity contribution in [2.45, 2.75) is 39.0 Å². The van der Waals surface area contributed by atoms with Crippen LogP contribution in [0.15, 0.2) is 24.3 Å². The summed E-state index contributed by atoms with van der Waals surface area (Å²) in [6.07, 6.45) is 1.64. The zero-order valence-electron chi connectivity index (χ0n) is 18.9. The molecule has 11 nitrogen and oxygen atoms in total. The van der Waals surface area contributed by atoms with Crippen LogP contribution >= 0.6 is 0 Å². The Morgan fingerprint density at radius 3 is 2.91 bits per heavy atom. The van der Waals surface area contributed by atoms with E-state index in [9.17, 15) is 14.3 Å². The monoisotopic (exact) mass is 471 g/mol. The van der Waals surface area contributed by atoms with E-state index in [2.05, 4.69) is 30.7 Å². The Hall–Kier alpha value is -3.51. The van der Waals surface area contributed by atoms with E-state index in [-0.39, 0.29) is 42.4 Å². The molecule has 1 aliphatic heterocycles. The van der Waals surface area contributed by atoms with Crippen LogP contribution in [0, 0.1) is 18.7 Å². The standard InChI is InChI=1S/C22H26FN7O4/c1-13-25-18(21-27-29-30(28-21)10-16-5-3-15(11-31)12-34-16)8-19(26-13)22(32)24-9-14-4-6-17(23)20(7-14)33-2/h4,6-8,15-16,31H,3,5,9-12H2,1-2H3,(H,24,32)/t15-,16-/m1/s1. The molecule has 4 rings (SSSR count). The smallest absolute Gasteiger partial charge is 0.270 e. The number of carbonyl (C=O) groups excluding carboxylic acids is 1. The molecule has 180 valence electrons. The van der Waals surface area contributed by atoms with E-state index >= 15 is 0 Å². The van der Waals surface area contributed by atoms with E-state index < -0.39 is 11.7 Å². The molecule has 1 amide bonds. The molecule has 2 aromatic heterocycles. The van der Waals surface area contributed by atoms with Crippen LogP contribution in [0.4, 0.5) is 4.39 Å². The topological polar surface area (TPSA) is 137 Å². The number of amides is 1. The molecule has 3 aromatic rings. The van der Waals surface area contributed by atoms with Gasteiger partial charge in [-0.2, -0.15) is 4.80 Å². The number of carbonyl (C=O) groups is 1. The molecule has 1 fully saturated rings. The molecule has 34 heavy (non-hydrogen) atoms. The van der Waals surface area contributed by atoms with Crippen LogP contribution in [0.2, 0.25) is 0 Å². The second-order valence-electron chi connectivity index (χ2n) is 8.09. The lowest BCUT2D eigenvalue weighted by Crippen LogP contribution is -2.31. The number of aliphatic hydroxyl groups is 1. The Balaban J connectivity index is 1.41. The molecule has 2 atom stereocenters. The molecular formula is C22H26FN7O4. The van der Waals surface area contributed by atoms with Gasteiger partial charge in [-0.3, -0.25) is 4.79 Å². The highest BCUT2D eigenvalue weighted by Gasteiger charge is 2.23. The van der Waals surface area contributed by atoms with Crippen LogP contribution in [-0.4, -0.2) is 67.6 Å². The predicted octanol–water partition coefficient (Wildman–Crippen LogP) is 1.30. The highest BCUT2D eigenvalue weighted by atomic mass is 19.1. The van der Waals surface area contributed by atoms with Gasteiger partial charge in [-0.1, -0.05) is 6.07 Å². The summed E-state index contributed by atoms with van der Waals surface area (Å²) in [5, 5.41) is 24.5. The molecule has 0 spiro atoms. The van der Waals surface area contributed by atoms with Crippen LogP contribution in [0.1, 0.15) is 34.7 Å². The Morgan fingerprint density at radius 2 is 2.18 bits per heavy atom. The van der Waals surface area contributed by atoms with Crippen molar-refractivity contribution in [3.63, 3.8) is 0 Å². The van der Waals surface area contributed by atoms with Crippen molar-refractivity contribution in [3.8, 4) is 17.3 Å². The number of tetrazole rings is 1. The van der Waals surface area contributed by atoms with E-state index in [1.54, 1.807) is 13.0 Å². The Kier molecular flexibility index (Phi) is 7.38. The number of benzene rings is 1. The van der Waals surface area contributed by atoms with Crippen molar-refractivity contribution in [2.24, 2.45) is 5.92 Å². The van der Waals surface area contributed by atoms with Gasteiger partial charge in [0.15, 0.2) is 11.6 Å². The van der Waals surface area contributed by atoms with Crippen LogP contribution < -0.4 is 10.1 Å². The predicted molar refractivity (Wildman–Crippen MR) is 117 cm³/mol. The average molecular weight is 471 g/mol. The Labute approximate surface area is 195 Å². The van der Waals surface area contributed by atoms with Gasteiger partial charge < -0.3 is 19.9 Å². The fraction of sp³-hybridized carbons (Fsp3) is 0.455. The molecule has 0 aliphatic carbocycles. The first-order valence-electron chi connectivity index (χ1n) is 10.9. The number of aromatic nitrogens is 6. The fourth-order valence-corrected chi connectivity index (χ4v) is 3.64. The lowest BCUT2D eigenvalue weighted by Gasteiger charge is -2.27. The lowest BCUT2D eigenvalue weighted by atomic mass is 9.99. The lowest BCUT2D eigenvalue weighted by molar-refractivity contribution is -0.0402. The summed E-state index contributed by atoms with van der Waals surface area (Å²) in [6, 6.07) is 5.87. The number of nitrogens with one attached hydrogen (secondary N) is 1. The van der Waals surface area contributed by atoms with Gasteiger partial charge in [0.1, 0.15) is 17.2 Å². The van der Waals surface area contributed by atoms with Gasteiger partial charge in [-0.25, -0.2) is 14.4 Å². The minimum Gasteiger partial charge on any atom is -0.494 e. The number of rotatable bonds is 8. The van der Waals surface area contributed by atoms with Crippen molar-refractivity contribution in [1.29, 1.82) is 0 Å². The third-order valence-corrected chi connectivity index (χ3v) is 5.51. The third-order valence-electron chi connectivity index (χ3n) is 5.51. The van der Waals surface area contributed by atoms with Gasteiger partial charge in [0.2, 0.25) is 5.82 Å². The van der Waals surface area contributed by atoms with Crippen LogP contribution in [0.3, 0.4) is 0 Å². The maximum absolute atomic E-state index is 13.6. The number of hydrogen-bond acceptors (Lipinski definition) is 9. The number of nitrogens with zero attached hydrogens (tertiary/aromatic N) is 6. The minimum absolute atomic E-state index is 0.0524. The molecule has 1 saturated heterocycles. The quantitative estimate of drug-likeness (QED) is 0.498. The minimum atomic E-state index is -0.474. The largest absolute Gasteiger partial charge is 0.494 e. The first-order chi connectivity index (χ1) is 16.4. The van der Waals surface area contributed by atoms with Gasteiger partial charge in [-0.05, 0) is 48.7 Å². The second-order valence-corrected chi connectivity index (χ2v) is 8.09. The van der Waals surface area contributed by atoms with E-state index in [4.69, 9.17) is 9.47 Å². The summed E-state index contributed by atoms with van der Waals surface area (Å²) < 4.78 is 24.3. The number of methoxy groups -OCH3 is 1. The van der Waals surface area contributed by atoms with E-state index in [1.165, 1.54) is 30.1 Å². The Bertz CT molecular complexity index is 1150. The van der Waals surface area contributed by atoms with E-state index in [1.807, 2.05) is 0 Å². The van der Waals surface area contributed by atoms with Crippen LogP contribution in [0.5, 0.6) is 5.75 Å². The molecule has 0 radical (unpaired) electrons. The number of halogens is 1. The normalized spacial score (nSPS) is 18.0. The SMILES string of the molecule is COc1cc(CNC(=O)c2cc(-c3nnn(C[C@H]4CC[C@H](CO)CO4)n3)nc(C)n2)ccc1F. The fourth-order valence-electron chi connectivity index (χ4n) is 3.64. The summed E-state index contributed by atoms with van der Waals surface area (Å²) in [4.78, 5) is 22.7. The summed E-state index contributed by atoms with van der Waals surface area (Å²) in [7, 11) is 1.38. The maximum atomic E-state index is 13.6. The van der Waals surface area contributed by atoms with Crippen LogP contribution in [-0.2, 0) is 17.8 Å². The summed E-state index contributed by atoms with van der Waals surface area (Å²) >= 11 is 0. The summed E-state index contributed by atoms with van der Waals surface area (Å²) in [5.41, 5.74) is 1.20. The van der Waals surface area contributed by atoms with Gasteiger partial charge >= 0.3 is 0 Å². The highest BCUT2D eigenvalue weighted by Crippen LogP contribution is 2.20. The number of aryl methyl sites for hydroxylation is 1. The van der Waals surface area contributed by atoms with Gasteiger partial charge in [0, 0.05) is 19.1 Å². The zero-order chi connectivity index (χ0) is 24.1. The van der Waals surface area contributed by atoms with Gasteiger partial charge in [-0.15, -0.1) is 10.2 Å².